The number of carbonyl (C=O) groups excluding carboxylic acids is 1. The van der Waals surface area contributed by atoms with E-state index in [2.05, 4.69) is 15.3 Å². The Bertz CT molecular complexity index is 1740. The van der Waals surface area contributed by atoms with Crippen molar-refractivity contribution in [1.29, 1.82) is 0 Å². The summed E-state index contributed by atoms with van der Waals surface area (Å²) in [6.45, 7) is -0.0726. The lowest BCUT2D eigenvalue weighted by Gasteiger charge is -2.15. The number of anilines is 2. The van der Waals surface area contributed by atoms with Crippen LogP contribution in [0.15, 0.2) is 59.5 Å². The summed E-state index contributed by atoms with van der Waals surface area (Å²) in [5.41, 5.74) is 13.8. The van der Waals surface area contributed by atoms with E-state index in [0.29, 0.717) is 38.2 Å². The number of carbonyl (C=O) groups is 1. The molecule has 1 heterocycles. The summed E-state index contributed by atoms with van der Waals surface area (Å²) in [4.78, 5) is 20.1. The molecule has 0 unspecified atom stereocenters. The van der Waals surface area contributed by atoms with Crippen molar-refractivity contribution in [2.75, 3.05) is 11.5 Å². The van der Waals surface area contributed by atoms with Gasteiger partial charge in [-0.3, -0.25) is 4.79 Å². The second kappa shape index (κ2) is 12.0. The monoisotopic (exact) mass is 643 g/mol. The first-order valence-electron chi connectivity index (χ1n) is 11.1. The van der Waals surface area contributed by atoms with Gasteiger partial charge in [0.15, 0.2) is 0 Å². The molecule has 0 aliphatic heterocycles. The standard InChI is InChI=1S/C25H18Cl4FN5O4S/c26-16-5-3-14(40(30,37)38)9-15(16)24(36)33-10-12-1-6-21(19(29)7-12)39-11-20-22(23(31)35-25(32)34-20)13-2-4-17(27)18(28)8-13/h1-9H,10-11H2,(H,33,36)(H4,31,32,34,35). The third kappa shape index (κ3) is 6.86. The lowest BCUT2D eigenvalue weighted by atomic mass is 10.0. The van der Waals surface area contributed by atoms with Crippen LogP contribution >= 0.6 is 46.4 Å². The van der Waals surface area contributed by atoms with Gasteiger partial charge in [0, 0.05) is 12.1 Å². The molecule has 0 aliphatic carbocycles. The van der Waals surface area contributed by atoms with Crippen molar-refractivity contribution in [1.82, 2.24) is 15.3 Å². The number of benzene rings is 3. The molecule has 4 rings (SSSR count). The number of amides is 1. The highest BCUT2D eigenvalue weighted by atomic mass is 35.5. The molecule has 0 aliphatic rings. The number of nitrogens with two attached hydrogens (primary N) is 2. The Morgan fingerprint density at radius 3 is 2.30 bits per heavy atom. The largest absolute Gasteiger partial charge is 0.486 e. The molecule has 1 amide bonds. The van der Waals surface area contributed by atoms with Gasteiger partial charge < -0.3 is 21.5 Å². The van der Waals surface area contributed by atoms with Crippen LogP contribution in [0.1, 0.15) is 21.6 Å². The normalized spacial score (nSPS) is 11.3. The summed E-state index contributed by atoms with van der Waals surface area (Å²) in [6, 6.07) is 12.7. The van der Waals surface area contributed by atoms with Crippen molar-refractivity contribution in [3.8, 4) is 16.9 Å². The summed E-state index contributed by atoms with van der Waals surface area (Å²) in [5, 5.41) is 3.44. The van der Waals surface area contributed by atoms with E-state index in [-0.39, 0.29) is 40.5 Å². The van der Waals surface area contributed by atoms with Gasteiger partial charge in [-0.1, -0.05) is 58.5 Å². The number of nitrogens with zero attached hydrogens (tertiary/aromatic N) is 2. The van der Waals surface area contributed by atoms with E-state index in [9.17, 15) is 17.1 Å². The Kier molecular flexibility index (Phi) is 8.91. The van der Waals surface area contributed by atoms with Crippen molar-refractivity contribution in [3.05, 3.63) is 91.5 Å². The molecule has 0 saturated carbocycles. The molecule has 0 spiro atoms. The SMILES string of the molecule is Nc1nc(N)c(-c2ccc(Cl)c(Cl)c2)c(COc2ccc(CNC(=O)c3cc(S(=O)(=O)F)ccc3Cl)cc2Cl)n1. The number of ether oxygens (including phenoxy) is 1. The van der Waals surface area contributed by atoms with Gasteiger partial charge in [-0.25, -0.2) is 4.98 Å². The van der Waals surface area contributed by atoms with Gasteiger partial charge in [-0.15, -0.1) is 3.89 Å². The van der Waals surface area contributed by atoms with Crippen molar-refractivity contribution < 1.29 is 21.8 Å². The van der Waals surface area contributed by atoms with E-state index in [1.54, 1.807) is 36.4 Å². The second-order valence-electron chi connectivity index (χ2n) is 8.23. The average Bonchev–Trinajstić information content (AvgIpc) is 2.87. The lowest BCUT2D eigenvalue weighted by Crippen LogP contribution is -2.23. The minimum atomic E-state index is -5.01. The molecular formula is C25H18Cl4FN5O4S. The highest BCUT2D eigenvalue weighted by Crippen LogP contribution is 2.34. The molecule has 0 saturated heterocycles. The quantitative estimate of drug-likeness (QED) is 0.195. The van der Waals surface area contributed by atoms with Gasteiger partial charge in [0.25, 0.3) is 5.91 Å². The highest BCUT2D eigenvalue weighted by Gasteiger charge is 2.19. The van der Waals surface area contributed by atoms with Gasteiger partial charge in [0.2, 0.25) is 5.95 Å². The first-order valence-corrected chi connectivity index (χ1v) is 14.0. The summed E-state index contributed by atoms with van der Waals surface area (Å²) in [7, 11) is -5.01. The fourth-order valence-corrected chi connectivity index (χ4v) is 4.89. The van der Waals surface area contributed by atoms with Crippen molar-refractivity contribution in [2.45, 2.75) is 18.0 Å². The maximum absolute atomic E-state index is 13.3. The van der Waals surface area contributed by atoms with Crippen LogP contribution in [0.5, 0.6) is 5.75 Å². The second-order valence-corrected chi connectivity index (χ2v) is 11.2. The maximum Gasteiger partial charge on any atom is 0.332 e. The summed E-state index contributed by atoms with van der Waals surface area (Å²) in [6.07, 6.45) is 0. The van der Waals surface area contributed by atoms with Crippen LogP contribution in [0, 0.1) is 0 Å². The summed E-state index contributed by atoms with van der Waals surface area (Å²) >= 11 is 24.6. The Labute approximate surface area is 248 Å². The predicted molar refractivity (Wildman–Crippen MR) is 153 cm³/mol. The van der Waals surface area contributed by atoms with Gasteiger partial charge in [-0.2, -0.15) is 13.4 Å². The number of halogens is 5. The minimum absolute atomic E-state index is 0.00220. The van der Waals surface area contributed by atoms with E-state index >= 15 is 0 Å². The van der Waals surface area contributed by atoms with Crippen LogP contribution in [0.4, 0.5) is 15.7 Å². The molecule has 3 aromatic carbocycles. The first-order chi connectivity index (χ1) is 18.8. The van der Waals surface area contributed by atoms with Gasteiger partial charge >= 0.3 is 10.2 Å². The van der Waals surface area contributed by atoms with E-state index < -0.39 is 21.0 Å². The minimum Gasteiger partial charge on any atom is -0.486 e. The molecule has 1 aromatic heterocycles. The third-order valence-corrected chi connectivity index (χ3v) is 7.70. The molecule has 15 heteroatoms. The maximum atomic E-state index is 13.3. The highest BCUT2D eigenvalue weighted by molar-refractivity contribution is 7.86. The molecular weight excluding hydrogens is 627 g/mol. The molecule has 40 heavy (non-hydrogen) atoms. The number of nitrogens with one attached hydrogen (secondary N) is 1. The molecule has 9 nitrogen and oxygen atoms in total. The third-order valence-electron chi connectivity index (χ3n) is 5.52. The van der Waals surface area contributed by atoms with Crippen molar-refractivity contribution >= 4 is 74.3 Å². The Hall–Kier alpha value is -3.35. The summed E-state index contributed by atoms with van der Waals surface area (Å²) in [5.74, 6) is -0.333. The van der Waals surface area contributed by atoms with Crippen LogP contribution < -0.4 is 21.5 Å². The number of hydrogen-bond donors (Lipinski definition) is 3. The van der Waals surface area contributed by atoms with Crippen LogP contribution in [-0.2, 0) is 23.4 Å². The van der Waals surface area contributed by atoms with E-state index in [4.69, 9.17) is 62.6 Å². The molecule has 0 bridgehead atoms. The zero-order chi connectivity index (χ0) is 29.2. The fourth-order valence-electron chi connectivity index (χ4n) is 3.64. The Morgan fingerprint density at radius 1 is 0.900 bits per heavy atom. The van der Waals surface area contributed by atoms with E-state index in [0.717, 1.165) is 18.2 Å². The predicted octanol–water partition coefficient (Wildman–Crippen LogP) is 6.09. The van der Waals surface area contributed by atoms with Crippen LogP contribution in [0.25, 0.3) is 11.1 Å². The van der Waals surface area contributed by atoms with Gasteiger partial charge in [0.05, 0.1) is 36.2 Å². The average molecular weight is 645 g/mol. The number of hydrogen-bond acceptors (Lipinski definition) is 8. The zero-order valence-electron chi connectivity index (χ0n) is 20.1. The van der Waals surface area contributed by atoms with E-state index in [1.807, 2.05) is 0 Å². The first kappa shape index (κ1) is 29.6. The molecule has 0 radical (unpaired) electrons. The smallest absolute Gasteiger partial charge is 0.332 e. The molecule has 4 aromatic rings. The topological polar surface area (TPSA) is 150 Å². The Morgan fingerprint density at radius 2 is 1.62 bits per heavy atom. The molecule has 5 N–H and O–H groups in total. The zero-order valence-corrected chi connectivity index (χ0v) is 23.9. The Balaban J connectivity index is 1.48. The number of rotatable bonds is 8. The van der Waals surface area contributed by atoms with Crippen molar-refractivity contribution in [3.63, 3.8) is 0 Å². The lowest BCUT2D eigenvalue weighted by molar-refractivity contribution is 0.0951. The van der Waals surface area contributed by atoms with E-state index in [1.165, 1.54) is 0 Å². The fraction of sp³-hybridized carbons (Fsp3) is 0.0800. The van der Waals surface area contributed by atoms with Gasteiger partial charge in [0.1, 0.15) is 18.2 Å². The van der Waals surface area contributed by atoms with Crippen molar-refractivity contribution in [2.24, 2.45) is 0 Å². The summed E-state index contributed by atoms with van der Waals surface area (Å²) < 4.78 is 41.5. The van der Waals surface area contributed by atoms with Crippen LogP contribution in [-0.4, -0.2) is 24.3 Å². The van der Waals surface area contributed by atoms with Gasteiger partial charge in [-0.05, 0) is 53.6 Å². The molecule has 0 fully saturated rings. The number of aromatic nitrogens is 2. The van der Waals surface area contributed by atoms with Crippen LogP contribution in [0.3, 0.4) is 0 Å². The molecule has 0 atom stereocenters. The van der Waals surface area contributed by atoms with Crippen LogP contribution in [0.2, 0.25) is 20.1 Å². The molecule has 208 valence electrons. The number of nitrogen functional groups attached to an aromatic ring is 2.